The molecule has 2 saturated heterocycles. The summed E-state index contributed by atoms with van der Waals surface area (Å²) >= 11 is 0. The number of hydrogen-bond acceptors (Lipinski definition) is 7. The molecule has 0 radical (unpaired) electrons. The van der Waals surface area contributed by atoms with Crippen LogP contribution >= 0.6 is 0 Å². The fraction of sp³-hybridized carbons (Fsp3) is 0.600. The van der Waals surface area contributed by atoms with Gasteiger partial charge in [0.1, 0.15) is 5.82 Å². The van der Waals surface area contributed by atoms with Gasteiger partial charge in [0.15, 0.2) is 11.5 Å². The number of nitrogens with one attached hydrogen (secondary N) is 1. The lowest BCUT2D eigenvalue weighted by Crippen LogP contribution is -2.37. The number of nitrogens with zero attached hydrogens (tertiary/aromatic N) is 4. The quantitative estimate of drug-likeness (QED) is 0.867. The molecule has 2 aliphatic heterocycles. The number of fused-ring (bicyclic) bond motifs is 1. The van der Waals surface area contributed by atoms with E-state index in [1.807, 2.05) is 12.1 Å². The van der Waals surface area contributed by atoms with E-state index < -0.39 is 0 Å². The monoisotopic (exact) mass is 371 g/mol. The van der Waals surface area contributed by atoms with Gasteiger partial charge in [-0.05, 0) is 51.9 Å². The van der Waals surface area contributed by atoms with Gasteiger partial charge in [0.25, 0.3) is 0 Å². The molecule has 2 aromatic rings. The van der Waals surface area contributed by atoms with Crippen molar-refractivity contribution in [3.63, 3.8) is 0 Å². The van der Waals surface area contributed by atoms with Crippen molar-refractivity contribution in [1.82, 2.24) is 14.9 Å². The first-order valence-corrected chi connectivity index (χ1v) is 9.81. The fourth-order valence-corrected chi connectivity index (χ4v) is 3.96. The first-order chi connectivity index (χ1) is 13.2. The molecule has 0 saturated carbocycles. The van der Waals surface area contributed by atoms with Gasteiger partial charge in [-0.15, -0.1) is 0 Å². The van der Waals surface area contributed by atoms with E-state index >= 15 is 0 Å². The molecule has 146 valence electrons. The highest BCUT2D eigenvalue weighted by atomic mass is 16.5. The van der Waals surface area contributed by atoms with Crippen LogP contribution in [0.3, 0.4) is 0 Å². The third-order valence-electron chi connectivity index (χ3n) is 5.64. The Morgan fingerprint density at radius 1 is 0.963 bits per heavy atom. The molecule has 1 N–H and O–H groups in total. The van der Waals surface area contributed by atoms with Crippen LogP contribution in [0.2, 0.25) is 0 Å². The minimum Gasteiger partial charge on any atom is -0.493 e. The summed E-state index contributed by atoms with van der Waals surface area (Å²) in [5, 5.41) is 4.68. The number of piperidine rings is 1. The SMILES string of the molecule is COc1cc2nc(N3CCCC3)nc(NC3CCN(C)CC3)c2cc1OC. The van der Waals surface area contributed by atoms with Crippen LogP contribution in [0.5, 0.6) is 11.5 Å². The molecule has 0 bridgehead atoms. The van der Waals surface area contributed by atoms with Gasteiger partial charge in [-0.1, -0.05) is 0 Å². The first kappa shape index (κ1) is 18.1. The van der Waals surface area contributed by atoms with Crippen molar-refractivity contribution >= 4 is 22.7 Å². The van der Waals surface area contributed by atoms with E-state index in [4.69, 9.17) is 19.4 Å². The van der Waals surface area contributed by atoms with Crippen molar-refractivity contribution in [2.24, 2.45) is 0 Å². The molecule has 1 aromatic heterocycles. The van der Waals surface area contributed by atoms with E-state index in [1.54, 1.807) is 14.2 Å². The summed E-state index contributed by atoms with van der Waals surface area (Å²) in [4.78, 5) is 14.4. The highest BCUT2D eigenvalue weighted by Gasteiger charge is 2.22. The van der Waals surface area contributed by atoms with Crippen LogP contribution in [0.15, 0.2) is 12.1 Å². The normalized spacial score (nSPS) is 18.9. The van der Waals surface area contributed by atoms with Crippen LogP contribution in [0.4, 0.5) is 11.8 Å². The van der Waals surface area contributed by atoms with Gasteiger partial charge in [-0.25, -0.2) is 4.98 Å². The third kappa shape index (κ3) is 3.74. The van der Waals surface area contributed by atoms with Crippen LogP contribution in [-0.4, -0.2) is 68.4 Å². The highest BCUT2D eigenvalue weighted by molar-refractivity contribution is 5.93. The molecule has 2 aliphatic rings. The van der Waals surface area contributed by atoms with E-state index in [-0.39, 0.29) is 0 Å². The summed E-state index contributed by atoms with van der Waals surface area (Å²) in [7, 11) is 5.50. The summed E-state index contributed by atoms with van der Waals surface area (Å²) in [5.41, 5.74) is 0.889. The summed E-state index contributed by atoms with van der Waals surface area (Å²) in [6.07, 6.45) is 4.64. The molecule has 27 heavy (non-hydrogen) atoms. The molecule has 0 unspecified atom stereocenters. The van der Waals surface area contributed by atoms with Crippen LogP contribution < -0.4 is 19.7 Å². The maximum atomic E-state index is 5.51. The van der Waals surface area contributed by atoms with Gasteiger partial charge >= 0.3 is 0 Å². The van der Waals surface area contributed by atoms with Crippen molar-refractivity contribution < 1.29 is 9.47 Å². The third-order valence-corrected chi connectivity index (χ3v) is 5.64. The molecule has 0 amide bonds. The minimum atomic E-state index is 0.429. The minimum absolute atomic E-state index is 0.429. The fourth-order valence-electron chi connectivity index (χ4n) is 3.96. The molecule has 2 fully saturated rings. The van der Waals surface area contributed by atoms with Gasteiger partial charge in [-0.2, -0.15) is 4.98 Å². The van der Waals surface area contributed by atoms with E-state index in [2.05, 4.69) is 22.2 Å². The number of likely N-dealkylation sites (tertiary alicyclic amines) is 1. The molecule has 7 heteroatoms. The second-order valence-electron chi connectivity index (χ2n) is 7.51. The van der Waals surface area contributed by atoms with Crippen LogP contribution in [-0.2, 0) is 0 Å². The molecule has 3 heterocycles. The zero-order valence-electron chi connectivity index (χ0n) is 16.5. The van der Waals surface area contributed by atoms with Gasteiger partial charge < -0.3 is 24.6 Å². The molecular formula is C20H29N5O2. The highest BCUT2D eigenvalue weighted by Crippen LogP contribution is 2.36. The number of ether oxygens (including phenoxy) is 2. The Balaban J connectivity index is 1.75. The lowest BCUT2D eigenvalue weighted by atomic mass is 10.1. The Bertz CT molecular complexity index is 799. The number of anilines is 2. The van der Waals surface area contributed by atoms with Gasteiger partial charge in [0, 0.05) is 30.6 Å². The summed E-state index contributed by atoms with van der Waals surface area (Å²) in [6, 6.07) is 4.37. The predicted molar refractivity (Wildman–Crippen MR) is 108 cm³/mol. The maximum Gasteiger partial charge on any atom is 0.227 e. The topological polar surface area (TPSA) is 62.8 Å². The van der Waals surface area contributed by atoms with Gasteiger partial charge in [0.05, 0.1) is 19.7 Å². The number of methoxy groups -OCH3 is 2. The number of rotatable bonds is 5. The Labute approximate surface area is 160 Å². The van der Waals surface area contributed by atoms with Crippen LogP contribution in [0.1, 0.15) is 25.7 Å². The Morgan fingerprint density at radius 2 is 1.63 bits per heavy atom. The van der Waals surface area contributed by atoms with Crippen molar-refractivity contribution in [2.45, 2.75) is 31.7 Å². The van der Waals surface area contributed by atoms with Crippen molar-refractivity contribution in [2.75, 3.05) is 57.7 Å². The van der Waals surface area contributed by atoms with E-state index in [0.29, 0.717) is 17.5 Å². The van der Waals surface area contributed by atoms with Gasteiger partial charge in [-0.3, -0.25) is 0 Å². The average Bonchev–Trinajstić information content (AvgIpc) is 3.23. The summed E-state index contributed by atoms with van der Waals surface area (Å²) < 4.78 is 11.0. The van der Waals surface area contributed by atoms with Crippen LogP contribution in [0, 0.1) is 0 Å². The molecule has 0 atom stereocenters. The summed E-state index contributed by atoms with van der Waals surface area (Å²) in [5.74, 6) is 3.11. The Hall–Kier alpha value is -2.28. The second-order valence-corrected chi connectivity index (χ2v) is 7.51. The molecular weight excluding hydrogens is 342 g/mol. The van der Waals surface area contributed by atoms with Crippen molar-refractivity contribution in [3.05, 3.63) is 12.1 Å². The predicted octanol–water partition coefficient (Wildman–Crippen LogP) is 2.75. The number of hydrogen-bond donors (Lipinski definition) is 1. The first-order valence-electron chi connectivity index (χ1n) is 9.81. The standard InChI is InChI=1S/C20H29N5O2/c1-24-10-6-14(7-11-24)21-19-15-12-17(26-2)18(27-3)13-16(15)22-20(23-19)25-8-4-5-9-25/h12-14H,4-11H2,1-3H3,(H,21,22,23). The lowest BCUT2D eigenvalue weighted by molar-refractivity contribution is 0.264. The molecule has 7 nitrogen and oxygen atoms in total. The average molecular weight is 371 g/mol. The summed E-state index contributed by atoms with van der Waals surface area (Å²) in [6.45, 7) is 4.26. The second kappa shape index (κ2) is 7.76. The smallest absolute Gasteiger partial charge is 0.227 e. The Kier molecular flexibility index (Phi) is 5.20. The zero-order chi connectivity index (χ0) is 18.8. The zero-order valence-corrected chi connectivity index (χ0v) is 16.5. The van der Waals surface area contributed by atoms with Crippen molar-refractivity contribution in [3.8, 4) is 11.5 Å². The lowest BCUT2D eigenvalue weighted by Gasteiger charge is -2.30. The number of aromatic nitrogens is 2. The van der Waals surface area contributed by atoms with E-state index in [9.17, 15) is 0 Å². The van der Waals surface area contributed by atoms with E-state index in [1.165, 1.54) is 12.8 Å². The maximum absolute atomic E-state index is 5.51. The Morgan fingerprint density at radius 3 is 2.30 bits per heavy atom. The van der Waals surface area contributed by atoms with Crippen LogP contribution in [0.25, 0.3) is 10.9 Å². The van der Waals surface area contributed by atoms with Gasteiger partial charge in [0.2, 0.25) is 5.95 Å². The number of benzene rings is 1. The molecule has 0 aliphatic carbocycles. The van der Waals surface area contributed by atoms with E-state index in [0.717, 1.165) is 61.7 Å². The molecule has 1 aromatic carbocycles. The largest absolute Gasteiger partial charge is 0.493 e. The molecule has 4 rings (SSSR count). The molecule has 0 spiro atoms. The van der Waals surface area contributed by atoms with Crippen molar-refractivity contribution in [1.29, 1.82) is 0 Å².